The van der Waals surface area contributed by atoms with Crippen LogP contribution in [0.4, 0.5) is 0 Å². The van der Waals surface area contributed by atoms with E-state index < -0.39 is 0 Å². The van der Waals surface area contributed by atoms with Crippen LogP contribution < -0.4 is 10.6 Å². The molecular weight excluding hydrogens is 152 g/mol. The maximum absolute atomic E-state index is 8.85. The molecule has 0 radical (unpaired) electrons. The van der Waals surface area contributed by atoms with Gasteiger partial charge in [-0.05, 0) is 45.3 Å². The quantitative estimate of drug-likeness (QED) is 0.485. The van der Waals surface area contributed by atoms with E-state index in [9.17, 15) is 0 Å². The summed E-state index contributed by atoms with van der Waals surface area (Å²) in [4.78, 5) is 0. The first-order chi connectivity index (χ1) is 5.89. The minimum absolute atomic E-state index is 0.0752. The minimum Gasteiger partial charge on any atom is -0.392 e. The Morgan fingerprint density at radius 3 is 1.83 bits per heavy atom. The lowest BCUT2D eigenvalue weighted by atomic mass is 10.1. The van der Waals surface area contributed by atoms with Crippen molar-refractivity contribution >= 4 is 0 Å². The molecule has 2 aliphatic heterocycles. The number of nitrogens with one attached hydrogen (secondary N) is 2. The Morgan fingerprint density at radius 2 is 1.58 bits per heavy atom. The Morgan fingerprint density at radius 1 is 0.917 bits per heavy atom. The highest BCUT2D eigenvalue weighted by Crippen LogP contribution is 1.98. The van der Waals surface area contributed by atoms with Gasteiger partial charge >= 0.3 is 0 Å². The predicted molar refractivity (Wildman–Crippen MR) is 50.2 cm³/mol. The van der Waals surface area contributed by atoms with Crippen molar-refractivity contribution < 1.29 is 5.11 Å². The Kier molecular flexibility index (Phi) is 5.32. The molecule has 2 rings (SSSR count). The third-order valence-corrected chi connectivity index (χ3v) is 2.23. The fraction of sp³-hybridized carbons (Fsp3) is 1.00. The number of aliphatic hydroxyl groups is 1. The van der Waals surface area contributed by atoms with Crippen molar-refractivity contribution in [2.45, 2.75) is 31.8 Å². The summed E-state index contributed by atoms with van der Waals surface area (Å²) < 4.78 is 0. The third kappa shape index (κ3) is 4.70. The van der Waals surface area contributed by atoms with Gasteiger partial charge in [-0.3, -0.25) is 0 Å². The summed E-state index contributed by atoms with van der Waals surface area (Å²) in [5.74, 6) is 0. The number of aliphatic hydroxyl groups excluding tert-OH is 1. The van der Waals surface area contributed by atoms with Crippen LogP contribution in [0.3, 0.4) is 0 Å². The van der Waals surface area contributed by atoms with Crippen LogP contribution in [-0.2, 0) is 0 Å². The van der Waals surface area contributed by atoms with Crippen LogP contribution in [0.5, 0.6) is 0 Å². The molecule has 12 heavy (non-hydrogen) atoms. The zero-order valence-corrected chi connectivity index (χ0v) is 7.68. The third-order valence-electron chi connectivity index (χ3n) is 2.23. The number of hydrogen-bond acceptors (Lipinski definition) is 3. The molecule has 3 heteroatoms. The first-order valence-corrected chi connectivity index (χ1v) is 4.99. The van der Waals surface area contributed by atoms with Crippen molar-refractivity contribution in [2.75, 3.05) is 26.2 Å². The molecule has 0 aromatic carbocycles. The Hall–Kier alpha value is -0.120. The maximum atomic E-state index is 8.85. The summed E-state index contributed by atoms with van der Waals surface area (Å²) in [6.45, 7) is 4.37. The molecule has 0 saturated carbocycles. The molecule has 0 bridgehead atoms. The molecule has 0 aromatic rings. The summed E-state index contributed by atoms with van der Waals surface area (Å²) in [6.07, 6.45) is 4.81. The first-order valence-electron chi connectivity index (χ1n) is 4.99. The van der Waals surface area contributed by atoms with Gasteiger partial charge in [-0.2, -0.15) is 0 Å². The number of hydrogen-bond donors (Lipinski definition) is 3. The second-order valence-electron chi connectivity index (χ2n) is 3.46. The van der Waals surface area contributed by atoms with Gasteiger partial charge in [-0.1, -0.05) is 0 Å². The molecule has 0 unspecified atom stereocenters. The van der Waals surface area contributed by atoms with Crippen molar-refractivity contribution in [1.29, 1.82) is 0 Å². The van der Waals surface area contributed by atoms with Crippen molar-refractivity contribution in [3.63, 3.8) is 0 Å². The van der Waals surface area contributed by atoms with E-state index in [0.717, 1.165) is 25.9 Å². The summed E-state index contributed by atoms with van der Waals surface area (Å²) in [7, 11) is 0. The highest BCUT2D eigenvalue weighted by molar-refractivity contribution is 4.65. The van der Waals surface area contributed by atoms with Crippen LogP contribution in [0, 0.1) is 0 Å². The molecule has 0 aromatic heterocycles. The molecule has 0 aliphatic carbocycles. The molecule has 2 heterocycles. The number of β-amino-alcohol motifs (C(OH)–C–C–N with tert-alkyl or cyclic N) is 1. The van der Waals surface area contributed by atoms with Gasteiger partial charge < -0.3 is 15.7 Å². The van der Waals surface area contributed by atoms with Gasteiger partial charge in [0.25, 0.3) is 0 Å². The van der Waals surface area contributed by atoms with Gasteiger partial charge in [0.15, 0.2) is 0 Å². The zero-order valence-electron chi connectivity index (χ0n) is 7.68. The van der Waals surface area contributed by atoms with Crippen molar-refractivity contribution in [1.82, 2.24) is 10.6 Å². The predicted octanol–water partition coefficient (Wildman–Crippen LogP) is 0.100. The van der Waals surface area contributed by atoms with Gasteiger partial charge in [0, 0.05) is 6.54 Å². The fourth-order valence-electron chi connectivity index (χ4n) is 1.46. The van der Waals surface area contributed by atoms with Crippen LogP contribution in [0.15, 0.2) is 0 Å². The van der Waals surface area contributed by atoms with Crippen molar-refractivity contribution in [3.05, 3.63) is 0 Å². The molecule has 0 spiro atoms. The monoisotopic (exact) mass is 172 g/mol. The Bertz CT molecular complexity index is 91.1. The van der Waals surface area contributed by atoms with E-state index in [2.05, 4.69) is 10.6 Å². The van der Waals surface area contributed by atoms with Crippen LogP contribution in [0.1, 0.15) is 25.7 Å². The average Bonchev–Trinajstić information content (AvgIpc) is 2.62. The van der Waals surface area contributed by atoms with Gasteiger partial charge in [0.1, 0.15) is 0 Å². The lowest BCUT2D eigenvalue weighted by Crippen LogP contribution is -2.33. The zero-order chi connectivity index (χ0) is 8.65. The summed E-state index contributed by atoms with van der Waals surface area (Å²) >= 11 is 0. The molecular formula is C9H20N2O. The maximum Gasteiger partial charge on any atom is 0.0665 e. The van der Waals surface area contributed by atoms with E-state index in [0.29, 0.717) is 0 Å². The van der Waals surface area contributed by atoms with Crippen molar-refractivity contribution in [2.24, 2.45) is 0 Å². The summed E-state index contributed by atoms with van der Waals surface area (Å²) in [5.41, 5.74) is 0. The molecule has 0 amide bonds. The lowest BCUT2D eigenvalue weighted by Gasteiger charge is -2.16. The Balaban J connectivity index is 0.000000127. The van der Waals surface area contributed by atoms with Gasteiger partial charge in [0.05, 0.1) is 6.10 Å². The lowest BCUT2D eigenvalue weighted by molar-refractivity contribution is 0.142. The largest absolute Gasteiger partial charge is 0.392 e. The Labute approximate surface area is 74.5 Å². The van der Waals surface area contributed by atoms with Gasteiger partial charge in [0.2, 0.25) is 0 Å². The second kappa shape index (κ2) is 6.40. The first kappa shape index (κ1) is 9.96. The SMILES string of the molecule is C1CCNC1.O[C@@H]1CCCNC1. The normalized spacial score (nSPS) is 29.2. The average molecular weight is 172 g/mol. The summed E-state index contributed by atoms with van der Waals surface area (Å²) in [5, 5.41) is 15.2. The van der Waals surface area contributed by atoms with E-state index in [1.54, 1.807) is 0 Å². The molecule has 72 valence electrons. The molecule has 3 N–H and O–H groups in total. The van der Waals surface area contributed by atoms with Crippen LogP contribution in [0.25, 0.3) is 0 Å². The van der Waals surface area contributed by atoms with Gasteiger partial charge in [-0.15, -0.1) is 0 Å². The molecule has 1 atom stereocenters. The standard InChI is InChI=1S/C5H11NO.C4H9N/c7-5-2-1-3-6-4-5;1-2-4-5-3-1/h5-7H,1-4H2;5H,1-4H2/t5-;/m1./s1. The summed E-state index contributed by atoms with van der Waals surface area (Å²) in [6, 6.07) is 0. The molecule has 3 nitrogen and oxygen atoms in total. The molecule has 2 fully saturated rings. The molecule has 2 aliphatic rings. The minimum atomic E-state index is -0.0752. The second-order valence-corrected chi connectivity index (χ2v) is 3.46. The van der Waals surface area contributed by atoms with E-state index in [4.69, 9.17) is 5.11 Å². The van der Waals surface area contributed by atoms with Gasteiger partial charge in [-0.25, -0.2) is 0 Å². The highest BCUT2D eigenvalue weighted by atomic mass is 16.3. The van der Waals surface area contributed by atoms with E-state index >= 15 is 0 Å². The number of piperidine rings is 1. The van der Waals surface area contributed by atoms with Crippen LogP contribution >= 0.6 is 0 Å². The van der Waals surface area contributed by atoms with Crippen LogP contribution in [-0.4, -0.2) is 37.4 Å². The van der Waals surface area contributed by atoms with E-state index in [1.807, 2.05) is 0 Å². The van der Waals surface area contributed by atoms with Crippen LogP contribution in [0.2, 0.25) is 0 Å². The topological polar surface area (TPSA) is 44.3 Å². The smallest absolute Gasteiger partial charge is 0.0665 e. The van der Waals surface area contributed by atoms with E-state index in [1.165, 1.54) is 25.9 Å². The molecule has 2 saturated heterocycles. The van der Waals surface area contributed by atoms with E-state index in [-0.39, 0.29) is 6.10 Å². The van der Waals surface area contributed by atoms with Crippen molar-refractivity contribution in [3.8, 4) is 0 Å². The highest BCUT2D eigenvalue weighted by Gasteiger charge is 2.06. The number of rotatable bonds is 0. The fourth-order valence-corrected chi connectivity index (χ4v) is 1.46.